The average molecular weight is 202 g/mol. The van der Waals surface area contributed by atoms with Crippen LogP contribution in [0.4, 0.5) is 0 Å². The van der Waals surface area contributed by atoms with Crippen LogP contribution in [0, 0.1) is 0 Å². The molecule has 0 spiro atoms. The SMILES string of the molecule is [Co].[Ni].c1cc[pH]c1. The van der Waals surface area contributed by atoms with E-state index < -0.39 is 0 Å². The fraction of sp³-hybridized carbons (Fsp3) is 0. The summed E-state index contributed by atoms with van der Waals surface area (Å²) in [6.45, 7) is 0. The van der Waals surface area contributed by atoms with E-state index in [0.29, 0.717) is 0 Å². The van der Waals surface area contributed by atoms with Crippen molar-refractivity contribution >= 4 is 8.19 Å². The van der Waals surface area contributed by atoms with Gasteiger partial charge in [-0.25, -0.2) is 0 Å². The molecular formula is C4H5CoNiP. The summed E-state index contributed by atoms with van der Waals surface area (Å²) in [4.78, 5) is 0. The van der Waals surface area contributed by atoms with Crippen molar-refractivity contribution in [3.8, 4) is 0 Å². The molecule has 0 aromatic carbocycles. The Hall–Kier alpha value is 0.780. The standard InChI is InChI=1S/C4H5P.Co.Ni/c1-2-4-5-3-1;;/h1-5H;;. The summed E-state index contributed by atoms with van der Waals surface area (Å²) in [7, 11) is 0.948. The van der Waals surface area contributed by atoms with E-state index in [0.717, 1.165) is 8.19 Å². The third-order valence-electron chi connectivity index (χ3n) is 0.496. The first-order valence-corrected chi connectivity index (χ1v) is 2.73. The number of rotatable bonds is 0. The maximum absolute atomic E-state index is 2.15. The maximum atomic E-state index is 2.15. The van der Waals surface area contributed by atoms with Crippen molar-refractivity contribution in [1.29, 1.82) is 0 Å². The van der Waals surface area contributed by atoms with Gasteiger partial charge in [0.05, 0.1) is 0 Å². The van der Waals surface area contributed by atoms with Crippen molar-refractivity contribution in [2.75, 3.05) is 0 Å². The molecular weight excluding hydrogens is 197 g/mol. The molecule has 0 aliphatic rings. The Balaban J connectivity index is 0. The maximum Gasteiger partial charge on any atom is 0 e. The van der Waals surface area contributed by atoms with Crippen LogP contribution in [0.1, 0.15) is 0 Å². The number of hydrogen-bond donors (Lipinski definition) is 0. The molecule has 0 unspecified atom stereocenters. The van der Waals surface area contributed by atoms with Crippen LogP contribution < -0.4 is 0 Å². The molecule has 1 radical (unpaired) electrons. The molecule has 0 amide bonds. The molecule has 7 heavy (non-hydrogen) atoms. The smallest absolute Gasteiger partial charge is 0 e. The van der Waals surface area contributed by atoms with E-state index in [-0.39, 0.29) is 33.3 Å². The van der Waals surface area contributed by atoms with E-state index in [1.54, 1.807) is 0 Å². The van der Waals surface area contributed by atoms with Crippen LogP contribution in [-0.4, -0.2) is 0 Å². The van der Waals surface area contributed by atoms with Gasteiger partial charge in [0.25, 0.3) is 0 Å². The molecule has 45 valence electrons. The average Bonchev–Trinajstić information content (AvgIpc) is 1.76. The molecule has 0 nitrogen and oxygen atoms in total. The van der Waals surface area contributed by atoms with E-state index >= 15 is 0 Å². The molecule has 0 bridgehead atoms. The summed E-state index contributed by atoms with van der Waals surface area (Å²) < 4.78 is 0. The number of hydrogen-bond acceptors (Lipinski definition) is 0. The molecule has 0 N–H and O–H groups in total. The van der Waals surface area contributed by atoms with Crippen LogP contribution in [0.5, 0.6) is 0 Å². The molecule has 0 fully saturated rings. The molecule has 0 saturated heterocycles. The minimum absolute atomic E-state index is 0. The van der Waals surface area contributed by atoms with Crippen molar-refractivity contribution in [3.63, 3.8) is 0 Å². The van der Waals surface area contributed by atoms with Gasteiger partial charge in [-0.1, -0.05) is 12.1 Å². The van der Waals surface area contributed by atoms with Gasteiger partial charge in [0.1, 0.15) is 0 Å². The van der Waals surface area contributed by atoms with Crippen molar-refractivity contribution < 1.29 is 33.3 Å². The van der Waals surface area contributed by atoms with Crippen LogP contribution >= 0.6 is 8.19 Å². The molecule has 0 aliphatic heterocycles. The molecule has 1 aromatic heterocycles. The summed E-state index contributed by atoms with van der Waals surface area (Å²) in [6, 6.07) is 4.14. The van der Waals surface area contributed by atoms with Gasteiger partial charge in [0.2, 0.25) is 0 Å². The first-order valence-electron chi connectivity index (χ1n) is 1.58. The van der Waals surface area contributed by atoms with Gasteiger partial charge >= 0.3 is 0 Å². The molecule has 0 atom stereocenters. The van der Waals surface area contributed by atoms with Crippen molar-refractivity contribution in [2.24, 2.45) is 0 Å². The van der Waals surface area contributed by atoms with E-state index in [1.807, 2.05) is 0 Å². The zero-order chi connectivity index (χ0) is 3.54. The first kappa shape index (κ1) is 10.7. The van der Waals surface area contributed by atoms with Gasteiger partial charge in [-0.15, -0.1) is 8.19 Å². The fourth-order valence-electron chi connectivity index (χ4n) is 0.278. The molecule has 1 aromatic rings. The minimum Gasteiger partial charge on any atom is -0.140 e. The predicted octanol–water partition coefficient (Wildman–Crippen LogP) is 1.71. The predicted molar refractivity (Wildman–Crippen MR) is 25.9 cm³/mol. The van der Waals surface area contributed by atoms with Crippen molar-refractivity contribution in [2.45, 2.75) is 0 Å². The van der Waals surface area contributed by atoms with Gasteiger partial charge in [0, 0.05) is 33.3 Å². The van der Waals surface area contributed by atoms with Crippen LogP contribution in [0.15, 0.2) is 23.7 Å². The largest absolute Gasteiger partial charge is 0.140 e. The van der Waals surface area contributed by atoms with Gasteiger partial charge in [-0.3, -0.25) is 0 Å². The Morgan fingerprint density at radius 3 is 1.57 bits per heavy atom. The van der Waals surface area contributed by atoms with Crippen LogP contribution in [0.25, 0.3) is 0 Å². The Kier molecular flexibility index (Phi) is 10.4. The van der Waals surface area contributed by atoms with Gasteiger partial charge < -0.3 is 0 Å². The Morgan fingerprint density at radius 2 is 1.43 bits per heavy atom. The normalized spacial score (nSPS) is 5.71. The third kappa shape index (κ3) is 4.64. The Labute approximate surface area is 65.3 Å². The van der Waals surface area contributed by atoms with Gasteiger partial charge in [-0.2, -0.15) is 0 Å². The molecule has 3 heteroatoms. The summed E-state index contributed by atoms with van der Waals surface area (Å²) in [5.41, 5.74) is 0. The summed E-state index contributed by atoms with van der Waals surface area (Å²) in [6.07, 6.45) is 0. The van der Waals surface area contributed by atoms with Crippen LogP contribution in [0.3, 0.4) is 0 Å². The van der Waals surface area contributed by atoms with Crippen LogP contribution in [0.2, 0.25) is 0 Å². The molecule has 1 rings (SSSR count). The van der Waals surface area contributed by atoms with Crippen LogP contribution in [-0.2, 0) is 33.3 Å². The second-order valence-electron chi connectivity index (χ2n) is 0.885. The Bertz CT molecular complexity index is 68.2. The van der Waals surface area contributed by atoms with E-state index in [1.165, 1.54) is 0 Å². The second kappa shape index (κ2) is 6.78. The summed E-state index contributed by atoms with van der Waals surface area (Å²) in [5, 5.41) is 0. The Morgan fingerprint density at radius 1 is 1.00 bits per heavy atom. The monoisotopic (exact) mass is 201 g/mol. The zero-order valence-electron chi connectivity index (χ0n) is 3.46. The van der Waals surface area contributed by atoms with E-state index in [4.69, 9.17) is 0 Å². The summed E-state index contributed by atoms with van der Waals surface area (Å²) >= 11 is 0. The van der Waals surface area contributed by atoms with E-state index in [9.17, 15) is 0 Å². The summed E-state index contributed by atoms with van der Waals surface area (Å²) in [5.74, 6) is 4.31. The topological polar surface area (TPSA) is 0 Å². The quantitative estimate of drug-likeness (QED) is 0.561. The van der Waals surface area contributed by atoms with E-state index in [2.05, 4.69) is 23.7 Å². The zero-order valence-corrected chi connectivity index (χ0v) is 6.49. The van der Waals surface area contributed by atoms with Crippen molar-refractivity contribution in [3.05, 3.63) is 23.7 Å². The minimum atomic E-state index is 0. The third-order valence-corrected chi connectivity index (χ3v) is 1.27. The van der Waals surface area contributed by atoms with Crippen molar-refractivity contribution in [1.82, 2.24) is 0 Å². The fourth-order valence-corrected chi connectivity index (χ4v) is 0.833. The second-order valence-corrected chi connectivity index (χ2v) is 1.88. The molecule has 0 aliphatic carbocycles. The van der Waals surface area contributed by atoms with Gasteiger partial charge in [-0.05, 0) is 11.6 Å². The first-order chi connectivity index (χ1) is 2.50. The molecule has 0 saturated carbocycles. The van der Waals surface area contributed by atoms with Gasteiger partial charge in [0.15, 0.2) is 0 Å². The molecule has 1 heterocycles.